The zero-order chi connectivity index (χ0) is 13.2. The fourth-order valence-electron chi connectivity index (χ4n) is 2.62. The number of aryl methyl sites for hydroxylation is 2. The van der Waals surface area contributed by atoms with E-state index < -0.39 is 0 Å². The Hall–Kier alpha value is -1.42. The molecule has 0 bridgehead atoms. The van der Waals surface area contributed by atoms with Crippen molar-refractivity contribution in [1.82, 2.24) is 9.78 Å². The zero-order valence-corrected chi connectivity index (χ0v) is 12.3. The van der Waals surface area contributed by atoms with Gasteiger partial charge in [-0.05, 0) is 37.0 Å². The summed E-state index contributed by atoms with van der Waals surface area (Å²) >= 11 is 1.88. The van der Waals surface area contributed by atoms with E-state index in [1.807, 2.05) is 11.8 Å². The summed E-state index contributed by atoms with van der Waals surface area (Å²) in [7, 11) is 0. The number of anilines is 1. The average molecular weight is 273 g/mol. The first-order valence-electron chi connectivity index (χ1n) is 6.71. The van der Waals surface area contributed by atoms with Gasteiger partial charge in [0.15, 0.2) is 0 Å². The monoisotopic (exact) mass is 273 g/mol. The highest BCUT2D eigenvalue weighted by atomic mass is 32.2. The molecule has 1 N–H and O–H groups in total. The Morgan fingerprint density at radius 1 is 1.37 bits per heavy atom. The van der Waals surface area contributed by atoms with Crippen LogP contribution in [-0.2, 0) is 12.8 Å². The number of nitrogens with zero attached hydrogens (tertiary/aromatic N) is 2. The number of aromatic nitrogens is 2. The predicted molar refractivity (Wildman–Crippen MR) is 82.6 cm³/mol. The Kier molecular flexibility index (Phi) is 3.51. The molecule has 1 aromatic heterocycles. The molecule has 1 aliphatic rings. The van der Waals surface area contributed by atoms with E-state index in [4.69, 9.17) is 5.10 Å². The van der Waals surface area contributed by atoms with Gasteiger partial charge >= 0.3 is 0 Å². The molecule has 3 rings (SSSR count). The van der Waals surface area contributed by atoms with Crippen molar-refractivity contribution in [1.29, 1.82) is 0 Å². The molecule has 0 radical (unpaired) electrons. The van der Waals surface area contributed by atoms with Gasteiger partial charge in [0.1, 0.15) is 5.82 Å². The van der Waals surface area contributed by atoms with Crippen molar-refractivity contribution in [2.45, 2.75) is 19.8 Å². The molecule has 19 heavy (non-hydrogen) atoms. The maximum Gasteiger partial charge on any atom is 0.133 e. The molecule has 0 atom stereocenters. The molecule has 2 heterocycles. The lowest BCUT2D eigenvalue weighted by atomic mass is 10.1. The summed E-state index contributed by atoms with van der Waals surface area (Å²) in [5.74, 6) is 2.34. The summed E-state index contributed by atoms with van der Waals surface area (Å²) in [4.78, 5) is 0. The predicted octanol–water partition coefficient (Wildman–Crippen LogP) is 3.05. The van der Waals surface area contributed by atoms with Crippen LogP contribution < -0.4 is 5.32 Å². The van der Waals surface area contributed by atoms with E-state index in [0.29, 0.717) is 0 Å². The van der Waals surface area contributed by atoms with Gasteiger partial charge in [-0.2, -0.15) is 16.9 Å². The highest BCUT2D eigenvalue weighted by molar-refractivity contribution is 7.98. The molecule has 0 amide bonds. The first kappa shape index (κ1) is 12.6. The van der Waals surface area contributed by atoms with Gasteiger partial charge in [0.2, 0.25) is 0 Å². The van der Waals surface area contributed by atoms with Gasteiger partial charge in [0.25, 0.3) is 0 Å². The molecule has 0 spiro atoms. The normalized spacial score (nSPS) is 13.4. The molecule has 0 unspecified atom stereocenters. The van der Waals surface area contributed by atoms with Crippen LogP contribution in [0.4, 0.5) is 5.82 Å². The van der Waals surface area contributed by atoms with Gasteiger partial charge in [-0.25, -0.2) is 4.68 Å². The van der Waals surface area contributed by atoms with Crippen LogP contribution in [-0.4, -0.2) is 28.3 Å². The van der Waals surface area contributed by atoms with E-state index in [1.54, 1.807) is 0 Å². The van der Waals surface area contributed by atoms with E-state index >= 15 is 0 Å². The first-order valence-corrected chi connectivity index (χ1v) is 8.10. The van der Waals surface area contributed by atoms with Gasteiger partial charge in [0, 0.05) is 18.5 Å². The molecular formula is C15H19N3S. The van der Waals surface area contributed by atoms with Crippen LogP contribution in [0.1, 0.15) is 16.8 Å². The molecule has 3 nitrogen and oxygen atoms in total. The fraction of sp³-hybridized carbons (Fsp3) is 0.400. The van der Waals surface area contributed by atoms with Crippen LogP contribution in [0.25, 0.3) is 5.69 Å². The van der Waals surface area contributed by atoms with Gasteiger partial charge in [-0.15, -0.1) is 0 Å². The first-order chi connectivity index (χ1) is 9.31. The van der Waals surface area contributed by atoms with Crippen molar-refractivity contribution in [2.75, 3.05) is 23.9 Å². The number of para-hydroxylation sites is 1. The van der Waals surface area contributed by atoms with E-state index in [2.05, 4.69) is 47.4 Å². The summed E-state index contributed by atoms with van der Waals surface area (Å²) in [6, 6.07) is 8.43. The topological polar surface area (TPSA) is 29.9 Å². The molecule has 0 saturated heterocycles. The van der Waals surface area contributed by atoms with Crippen molar-refractivity contribution < 1.29 is 0 Å². The largest absolute Gasteiger partial charge is 0.369 e. The smallest absolute Gasteiger partial charge is 0.133 e. The SMILES string of the molecule is CSCCc1nn(-c2ccccc2C)c2c1CCN2. The van der Waals surface area contributed by atoms with Gasteiger partial charge in [-0.1, -0.05) is 18.2 Å². The van der Waals surface area contributed by atoms with E-state index in [9.17, 15) is 0 Å². The quantitative estimate of drug-likeness (QED) is 0.928. The second-order valence-electron chi connectivity index (χ2n) is 4.89. The second kappa shape index (κ2) is 5.29. The van der Waals surface area contributed by atoms with Crippen molar-refractivity contribution in [2.24, 2.45) is 0 Å². The highest BCUT2D eigenvalue weighted by Crippen LogP contribution is 2.30. The lowest BCUT2D eigenvalue weighted by Crippen LogP contribution is -2.06. The second-order valence-corrected chi connectivity index (χ2v) is 5.88. The van der Waals surface area contributed by atoms with Crippen LogP contribution in [0.5, 0.6) is 0 Å². The number of hydrogen-bond acceptors (Lipinski definition) is 3. The maximum atomic E-state index is 4.84. The molecule has 0 fully saturated rings. The van der Waals surface area contributed by atoms with Crippen LogP contribution >= 0.6 is 11.8 Å². The fourth-order valence-corrected chi connectivity index (χ4v) is 3.02. The number of benzene rings is 1. The van der Waals surface area contributed by atoms with Crippen molar-refractivity contribution >= 4 is 17.6 Å². The minimum Gasteiger partial charge on any atom is -0.369 e. The van der Waals surface area contributed by atoms with Crippen molar-refractivity contribution in [3.05, 3.63) is 41.1 Å². The van der Waals surface area contributed by atoms with Crippen LogP contribution in [0.2, 0.25) is 0 Å². The minimum absolute atomic E-state index is 1.03. The van der Waals surface area contributed by atoms with Crippen LogP contribution in [0.15, 0.2) is 24.3 Å². The van der Waals surface area contributed by atoms with Crippen LogP contribution in [0.3, 0.4) is 0 Å². The van der Waals surface area contributed by atoms with E-state index in [1.165, 1.54) is 28.3 Å². The standard InChI is InChI=1S/C15H19N3S/c1-11-5-3-4-6-14(11)18-15-12(7-9-16-15)13(17-18)8-10-19-2/h3-6,16H,7-10H2,1-2H3. The minimum atomic E-state index is 1.03. The summed E-state index contributed by atoms with van der Waals surface area (Å²) in [6.07, 6.45) is 4.31. The number of nitrogens with one attached hydrogen (secondary N) is 1. The number of fused-ring (bicyclic) bond motifs is 1. The van der Waals surface area contributed by atoms with Crippen molar-refractivity contribution in [3.8, 4) is 5.69 Å². The molecule has 4 heteroatoms. The maximum absolute atomic E-state index is 4.84. The number of thioether (sulfide) groups is 1. The lowest BCUT2D eigenvalue weighted by molar-refractivity contribution is 0.830. The highest BCUT2D eigenvalue weighted by Gasteiger charge is 2.22. The van der Waals surface area contributed by atoms with E-state index in [0.717, 1.165) is 25.1 Å². The molecule has 2 aromatic rings. The summed E-state index contributed by atoms with van der Waals surface area (Å²) in [5, 5.41) is 8.33. The average Bonchev–Trinajstić information content (AvgIpc) is 3.00. The third kappa shape index (κ3) is 2.25. The summed E-state index contributed by atoms with van der Waals surface area (Å²) < 4.78 is 2.09. The third-order valence-corrected chi connectivity index (χ3v) is 4.23. The lowest BCUT2D eigenvalue weighted by Gasteiger charge is -2.09. The van der Waals surface area contributed by atoms with E-state index in [-0.39, 0.29) is 0 Å². The molecular weight excluding hydrogens is 254 g/mol. The Bertz CT molecular complexity index is 589. The van der Waals surface area contributed by atoms with Crippen molar-refractivity contribution in [3.63, 3.8) is 0 Å². The van der Waals surface area contributed by atoms with Gasteiger partial charge in [-0.3, -0.25) is 0 Å². The van der Waals surface area contributed by atoms with Gasteiger partial charge < -0.3 is 5.32 Å². The Morgan fingerprint density at radius 2 is 2.21 bits per heavy atom. The summed E-state index contributed by atoms with van der Waals surface area (Å²) in [6.45, 7) is 3.17. The molecule has 100 valence electrons. The van der Waals surface area contributed by atoms with Crippen LogP contribution in [0, 0.1) is 6.92 Å². The molecule has 1 aliphatic heterocycles. The molecule has 0 saturated carbocycles. The molecule has 0 aliphatic carbocycles. The summed E-state index contributed by atoms with van der Waals surface area (Å²) in [5.41, 5.74) is 5.12. The number of hydrogen-bond donors (Lipinski definition) is 1. The zero-order valence-electron chi connectivity index (χ0n) is 11.4. The number of rotatable bonds is 4. The van der Waals surface area contributed by atoms with Gasteiger partial charge in [0.05, 0.1) is 11.4 Å². The Labute approximate surface area is 118 Å². The third-order valence-electron chi connectivity index (χ3n) is 3.62. The Balaban J connectivity index is 2.05. The Morgan fingerprint density at radius 3 is 3.00 bits per heavy atom. The molecule has 1 aromatic carbocycles.